The van der Waals surface area contributed by atoms with Gasteiger partial charge in [0.05, 0.1) is 0 Å². The fourth-order valence-corrected chi connectivity index (χ4v) is 8.84. The SMILES string of the molecule is CCC/C=C\C/C=C\CCCCCCCC(=O)OCC(COC(=O)CCCCCCCCCC/C=C\C/C=C\C/C=C\CCCCCCC)OC(=O)CCCCCCCCCCCCCCCCCCC. The van der Waals surface area contributed by atoms with Crippen LogP contribution in [0.4, 0.5) is 0 Å². The maximum absolute atomic E-state index is 12.9. The molecule has 0 aliphatic heterocycles. The molecule has 0 aromatic carbocycles. The summed E-state index contributed by atoms with van der Waals surface area (Å²) in [4.78, 5) is 38.2. The fraction of sp³-hybridized carbons (Fsp3) is 0.800. The molecule has 0 aromatic rings. The predicted octanol–water partition coefficient (Wildman–Crippen LogP) is 20.8. The van der Waals surface area contributed by atoms with Crippen LogP contribution in [0, 0.1) is 0 Å². The Kier molecular flexibility index (Phi) is 57.2. The van der Waals surface area contributed by atoms with Gasteiger partial charge in [-0.1, -0.05) is 274 Å². The van der Waals surface area contributed by atoms with Crippen molar-refractivity contribution < 1.29 is 28.6 Å². The van der Waals surface area contributed by atoms with Gasteiger partial charge in [-0.25, -0.2) is 0 Å². The van der Waals surface area contributed by atoms with Crippen molar-refractivity contribution in [2.45, 2.75) is 322 Å². The van der Waals surface area contributed by atoms with Gasteiger partial charge in [0.2, 0.25) is 0 Å². The molecule has 0 aliphatic rings. The van der Waals surface area contributed by atoms with Crippen molar-refractivity contribution >= 4 is 17.9 Å². The first-order valence-corrected chi connectivity index (χ1v) is 30.8. The number of hydrogen-bond acceptors (Lipinski definition) is 6. The molecule has 0 aliphatic carbocycles. The van der Waals surface area contributed by atoms with Crippen LogP contribution in [0.15, 0.2) is 60.8 Å². The lowest BCUT2D eigenvalue weighted by Gasteiger charge is -2.18. The van der Waals surface area contributed by atoms with Crippen LogP contribution >= 0.6 is 0 Å². The zero-order valence-electron chi connectivity index (χ0n) is 47.2. The maximum atomic E-state index is 12.9. The lowest BCUT2D eigenvalue weighted by molar-refractivity contribution is -0.167. The Hall–Kier alpha value is -2.89. The third kappa shape index (κ3) is 57.9. The van der Waals surface area contributed by atoms with Crippen molar-refractivity contribution in [3.63, 3.8) is 0 Å². The molecule has 0 amide bonds. The van der Waals surface area contributed by atoms with E-state index in [2.05, 4.69) is 81.5 Å². The number of carbonyl (C=O) groups is 3. The molecule has 0 spiro atoms. The largest absolute Gasteiger partial charge is 0.462 e. The molecule has 6 heteroatoms. The first kappa shape index (κ1) is 68.1. The zero-order valence-corrected chi connectivity index (χ0v) is 47.2. The highest BCUT2D eigenvalue weighted by Gasteiger charge is 2.19. The van der Waals surface area contributed by atoms with Gasteiger partial charge in [-0.3, -0.25) is 14.4 Å². The quantitative estimate of drug-likeness (QED) is 0.0261. The van der Waals surface area contributed by atoms with E-state index in [0.717, 1.165) is 103 Å². The highest BCUT2D eigenvalue weighted by atomic mass is 16.6. The number of ether oxygens (including phenoxy) is 3. The third-order valence-corrected chi connectivity index (χ3v) is 13.5. The first-order valence-electron chi connectivity index (χ1n) is 30.8. The first-order chi connectivity index (χ1) is 35.0. The van der Waals surface area contributed by atoms with Crippen LogP contribution in [0.2, 0.25) is 0 Å². The predicted molar refractivity (Wildman–Crippen MR) is 307 cm³/mol. The molecule has 0 radical (unpaired) electrons. The summed E-state index contributed by atoms with van der Waals surface area (Å²) in [7, 11) is 0. The summed E-state index contributed by atoms with van der Waals surface area (Å²) in [6, 6.07) is 0. The van der Waals surface area contributed by atoms with E-state index < -0.39 is 6.10 Å². The average molecular weight is 994 g/mol. The second-order valence-corrected chi connectivity index (χ2v) is 20.6. The van der Waals surface area contributed by atoms with Crippen molar-refractivity contribution in [1.82, 2.24) is 0 Å². The zero-order chi connectivity index (χ0) is 51.4. The van der Waals surface area contributed by atoms with E-state index in [-0.39, 0.29) is 31.1 Å². The van der Waals surface area contributed by atoms with Crippen molar-refractivity contribution in [3.05, 3.63) is 60.8 Å². The summed E-state index contributed by atoms with van der Waals surface area (Å²) in [6.45, 7) is 6.58. The Morgan fingerprint density at radius 2 is 0.535 bits per heavy atom. The summed E-state index contributed by atoms with van der Waals surface area (Å²) < 4.78 is 16.9. The smallest absolute Gasteiger partial charge is 0.306 e. The van der Waals surface area contributed by atoms with Gasteiger partial charge < -0.3 is 14.2 Å². The van der Waals surface area contributed by atoms with Gasteiger partial charge in [0.25, 0.3) is 0 Å². The minimum atomic E-state index is -0.782. The lowest BCUT2D eigenvalue weighted by atomic mass is 10.0. The van der Waals surface area contributed by atoms with E-state index in [1.165, 1.54) is 173 Å². The van der Waals surface area contributed by atoms with Crippen molar-refractivity contribution in [2.75, 3.05) is 13.2 Å². The van der Waals surface area contributed by atoms with Crippen molar-refractivity contribution in [2.24, 2.45) is 0 Å². The highest BCUT2D eigenvalue weighted by Crippen LogP contribution is 2.17. The minimum absolute atomic E-state index is 0.0801. The Balaban J connectivity index is 4.33. The number of unbranched alkanes of at least 4 members (excludes halogenated alkanes) is 35. The molecule has 71 heavy (non-hydrogen) atoms. The summed E-state index contributed by atoms with van der Waals surface area (Å²) in [5.41, 5.74) is 0. The Morgan fingerprint density at radius 3 is 0.845 bits per heavy atom. The van der Waals surface area contributed by atoms with E-state index in [0.29, 0.717) is 19.3 Å². The molecule has 412 valence electrons. The van der Waals surface area contributed by atoms with Gasteiger partial charge in [-0.05, 0) is 83.5 Å². The van der Waals surface area contributed by atoms with Crippen molar-refractivity contribution in [3.8, 4) is 0 Å². The maximum Gasteiger partial charge on any atom is 0.306 e. The fourth-order valence-electron chi connectivity index (χ4n) is 8.84. The summed E-state index contributed by atoms with van der Waals surface area (Å²) in [5.74, 6) is -0.886. The van der Waals surface area contributed by atoms with Gasteiger partial charge in [0.1, 0.15) is 13.2 Å². The van der Waals surface area contributed by atoms with Crippen LogP contribution in [-0.2, 0) is 28.6 Å². The third-order valence-electron chi connectivity index (χ3n) is 13.5. The lowest BCUT2D eigenvalue weighted by Crippen LogP contribution is -2.30. The Labute approximate surface area is 440 Å². The summed E-state index contributed by atoms with van der Waals surface area (Å²) in [5, 5.41) is 0. The normalized spacial score (nSPS) is 12.4. The molecular formula is C65H116O6. The van der Waals surface area contributed by atoms with Crippen LogP contribution < -0.4 is 0 Å². The van der Waals surface area contributed by atoms with Gasteiger partial charge in [0, 0.05) is 19.3 Å². The molecule has 0 saturated heterocycles. The van der Waals surface area contributed by atoms with E-state index >= 15 is 0 Å². The van der Waals surface area contributed by atoms with E-state index in [4.69, 9.17) is 14.2 Å². The second-order valence-electron chi connectivity index (χ2n) is 20.6. The number of rotatable bonds is 56. The van der Waals surface area contributed by atoms with Crippen LogP contribution in [0.3, 0.4) is 0 Å². The molecule has 0 bridgehead atoms. The number of allylic oxidation sites excluding steroid dienone is 10. The summed E-state index contributed by atoms with van der Waals surface area (Å²) in [6.07, 6.45) is 75.0. The van der Waals surface area contributed by atoms with Crippen LogP contribution in [-0.4, -0.2) is 37.2 Å². The average Bonchev–Trinajstić information content (AvgIpc) is 3.37. The van der Waals surface area contributed by atoms with Gasteiger partial charge >= 0.3 is 17.9 Å². The van der Waals surface area contributed by atoms with Crippen LogP contribution in [0.1, 0.15) is 316 Å². The van der Waals surface area contributed by atoms with Gasteiger partial charge in [-0.15, -0.1) is 0 Å². The van der Waals surface area contributed by atoms with Crippen molar-refractivity contribution in [1.29, 1.82) is 0 Å². The van der Waals surface area contributed by atoms with Gasteiger partial charge in [0.15, 0.2) is 6.10 Å². The minimum Gasteiger partial charge on any atom is -0.462 e. The standard InChI is InChI=1S/C65H116O6/c1-4-7-10-13-16-19-22-25-27-29-30-31-32-33-34-36-37-40-43-46-49-52-55-58-64(67)70-61-62(60-69-63(66)57-54-51-48-45-42-39-24-21-18-15-12-9-6-3)71-65(68)59-56-53-50-47-44-41-38-35-28-26-23-20-17-14-11-8-5-2/h12,15,21-22,24-25,29-30,32-33,62H,4-11,13-14,16-20,23,26-28,31,34-61H2,1-3H3/b15-12-,24-21-,25-22-,30-29-,33-32-. The number of hydrogen-bond donors (Lipinski definition) is 0. The summed E-state index contributed by atoms with van der Waals surface area (Å²) >= 11 is 0. The van der Waals surface area contributed by atoms with E-state index in [9.17, 15) is 14.4 Å². The second kappa shape index (κ2) is 59.7. The molecule has 0 aromatic heterocycles. The van der Waals surface area contributed by atoms with E-state index in [1.807, 2.05) is 0 Å². The Bertz CT molecular complexity index is 1280. The number of carbonyl (C=O) groups excluding carboxylic acids is 3. The molecule has 0 fully saturated rings. The molecular weight excluding hydrogens is 877 g/mol. The van der Waals surface area contributed by atoms with E-state index in [1.54, 1.807) is 0 Å². The Morgan fingerprint density at radius 1 is 0.282 bits per heavy atom. The van der Waals surface area contributed by atoms with Gasteiger partial charge in [-0.2, -0.15) is 0 Å². The molecule has 0 rings (SSSR count). The molecule has 0 N–H and O–H groups in total. The molecule has 0 saturated carbocycles. The highest BCUT2D eigenvalue weighted by molar-refractivity contribution is 5.71. The molecule has 1 unspecified atom stereocenters. The van der Waals surface area contributed by atoms with Crippen LogP contribution in [0.5, 0.6) is 0 Å². The molecule has 6 nitrogen and oxygen atoms in total. The number of esters is 3. The van der Waals surface area contributed by atoms with Crippen LogP contribution in [0.25, 0.3) is 0 Å². The topological polar surface area (TPSA) is 78.9 Å². The monoisotopic (exact) mass is 993 g/mol. The molecule has 0 heterocycles. The molecule has 1 atom stereocenters.